The van der Waals surface area contributed by atoms with Crippen molar-refractivity contribution >= 4 is 19.7 Å². The first kappa shape index (κ1) is 17.3. The average molecular weight is 323 g/mol. The first-order valence-electron chi connectivity index (χ1n) is 8.06. The molecule has 22 heavy (non-hydrogen) atoms. The smallest absolute Gasteiger partial charge is 0.192 e. The van der Waals surface area contributed by atoms with Crippen molar-refractivity contribution in [3.05, 3.63) is 23.8 Å². The van der Waals surface area contributed by atoms with Crippen LogP contribution in [0, 0.1) is 0 Å². The molecule has 2 N–H and O–H groups in total. The fourth-order valence-corrected chi connectivity index (χ4v) is 3.26. The van der Waals surface area contributed by atoms with Gasteiger partial charge in [-0.05, 0) is 36.3 Å². The lowest BCUT2D eigenvalue weighted by molar-refractivity contribution is 0.122. The van der Waals surface area contributed by atoms with Crippen LogP contribution in [0.1, 0.15) is 26.3 Å². The van der Waals surface area contributed by atoms with Crippen LogP contribution in [-0.4, -0.2) is 34.6 Å². The number of hydrogen-bond acceptors (Lipinski definition) is 4. The monoisotopic (exact) mass is 322 g/mol. The Morgan fingerprint density at radius 3 is 2.45 bits per heavy atom. The molecule has 0 spiro atoms. The summed E-state index contributed by atoms with van der Waals surface area (Å²) in [5.74, 6) is 0. The molecular weight excluding hydrogens is 292 g/mol. The summed E-state index contributed by atoms with van der Waals surface area (Å²) in [5.41, 5.74) is 9.21. The highest BCUT2D eigenvalue weighted by molar-refractivity contribution is 6.74. The van der Waals surface area contributed by atoms with Crippen LogP contribution in [0.15, 0.2) is 18.2 Å². The normalized spacial score (nSPS) is 16.9. The summed E-state index contributed by atoms with van der Waals surface area (Å²) in [6.45, 7) is 15.4. The highest BCUT2D eigenvalue weighted by Crippen LogP contribution is 2.37. The predicted molar refractivity (Wildman–Crippen MR) is 95.9 cm³/mol. The molecule has 1 saturated heterocycles. The maximum atomic E-state index is 6.39. The maximum Gasteiger partial charge on any atom is 0.192 e. The molecule has 0 aliphatic carbocycles. The summed E-state index contributed by atoms with van der Waals surface area (Å²) in [6.07, 6.45) is 0. The Hall–Kier alpha value is -1.04. The summed E-state index contributed by atoms with van der Waals surface area (Å²) < 4.78 is 11.8. The molecular formula is C17H30N2O2Si. The number of nitrogens with two attached hydrogens (primary N) is 1. The van der Waals surface area contributed by atoms with Crippen LogP contribution in [0.5, 0.6) is 0 Å². The van der Waals surface area contributed by atoms with Gasteiger partial charge in [0.15, 0.2) is 8.32 Å². The van der Waals surface area contributed by atoms with Crippen LogP contribution in [-0.2, 0) is 15.8 Å². The van der Waals surface area contributed by atoms with Gasteiger partial charge < -0.3 is 19.8 Å². The van der Waals surface area contributed by atoms with Gasteiger partial charge in [0, 0.05) is 30.0 Å². The molecule has 0 amide bonds. The zero-order chi connectivity index (χ0) is 16.4. The quantitative estimate of drug-likeness (QED) is 0.679. The topological polar surface area (TPSA) is 47.7 Å². The fourth-order valence-electron chi connectivity index (χ4n) is 2.31. The first-order valence-corrected chi connectivity index (χ1v) is 11.0. The van der Waals surface area contributed by atoms with E-state index in [1.54, 1.807) is 0 Å². The van der Waals surface area contributed by atoms with Crippen molar-refractivity contribution in [3.8, 4) is 0 Å². The highest BCUT2D eigenvalue weighted by Gasteiger charge is 2.37. The van der Waals surface area contributed by atoms with Crippen LogP contribution in [0.25, 0.3) is 0 Å². The van der Waals surface area contributed by atoms with E-state index in [9.17, 15) is 0 Å². The standard InChI is InChI=1S/C17H30N2O2Si/c1-17(2,3)22(4,5)21-13-14-12-15(18)6-7-16(14)19-8-10-20-11-9-19/h6-7,12H,8-11,13,18H2,1-5H3. The Morgan fingerprint density at radius 2 is 1.86 bits per heavy atom. The van der Waals surface area contributed by atoms with E-state index >= 15 is 0 Å². The van der Waals surface area contributed by atoms with Crippen molar-refractivity contribution in [2.75, 3.05) is 36.9 Å². The van der Waals surface area contributed by atoms with E-state index < -0.39 is 8.32 Å². The number of nitrogens with zero attached hydrogens (tertiary/aromatic N) is 1. The summed E-state index contributed by atoms with van der Waals surface area (Å²) in [5, 5.41) is 0.215. The molecule has 1 aromatic carbocycles. The van der Waals surface area contributed by atoms with Gasteiger partial charge in [-0.15, -0.1) is 0 Å². The van der Waals surface area contributed by atoms with Gasteiger partial charge in [0.25, 0.3) is 0 Å². The maximum absolute atomic E-state index is 6.39. The molecule has 0 saturated carbocycles. The molecule has 5 heteroatoms. The van der Waals surface area contributed by atoms with Crippen LogP contribution >= 0.6 is 0 Å². The summed E-state index contributed by atoms with van der Waals surface area (Å²) in [4.78, 5) is 2.37. The Kier molecular flexibility index (Phi) is 5.20. The SMILES string of the molecule is CC(C)(C)[Si](C)(C)OCc1cc(N)ccc1N1CCOCC1. The highest BCUT2D eigenvalue weighted by atomic mass is 28.4. The summed E-state index contributed by atoms with van der Waals surface area (Å²) in [6, 6.07) is 6.14. The van der Waals surface area contributed by atoms with Gasteiger partial charge in [0.05, 0.1) is 19.8 Å². The van der Waals surface area contributed by atoms with Crippen LogP contribution < -0.4 is 10.6 Å². The molecule has 0 radical (unpaired) electrons. The van der Waals surface area contributed by atoms with Gasteiger partial charge >= 0.3 is 0 Å². The molecule has 0 atom stereocenters. The minimum Gasteiger partial charge on any atom is -0.412 e. The number of benzene rings is 1. The second-order valence-electron chi connectivity index (χ2n) is 7.54. The number of rotatable bonds is 4. The first-order chi connectivity index (χ1) is 10.2. The summed E-state index contributed by atoms with van der Waals surface area (Å²) in [7, 11) is -1.76. The molecule has 2 rings (SSSR count). The van der Waals surface area contributed by atoms with E-state index in [4.69, 9.17) is 14.9 Å². The van der Waals surface area contributed by atoms with Gasteiger partial charge in [-0.3, -0.25) is 0 Å². The molecule has 1 fully saturated rings. The van der Waals surface area contributed by atoms with Crippen molar-refractivity contribution in [2.45, 2.75) is 45.5 Å². The van der Waals surface area contributed by atoms with Crippen LogP contribution in [0.3, 0.4) is 0 Å². The van der Waals surface area contributed by atoms with Crippen molar-refractivity contribution in [2.24, 2.45) is 0 Å². The molecule has 1 heterocycles. The summed E-state index contributed by atoms with van der Waals surface area (Å²) >= 11 is 0. The van der Waals surface area contributed by atoms with Gasteiger partial charge in [-0.2, -0.15) is 0 Å². The molecule has 1 aliphatic heterocycles. The molecule has 1 aromatic rings. The molecule has 124 valence electrons. The zero-order valence-corrected chi connectivity index (χ0v) is 15.6. The second-order valence-corrected chi connectivity index (χ2v) is 12.3. The number of nitrogen functional groups attached to an aromatic ring is 1. The lowest BCUT2D eigenvalue weighted by Crippen LogP contribution is -2.41. The molecule has 1 aliphatic rings. The lowest BCUT2D eigenvalue weighted by Gasteiger charge is -2.37. The third-order valence-electron chi connectivity index (χ3n) is 4.85. The van der Waals surface area contributed by atoms with Crippen LogP contribution in [0.2, 0.25) is 18.1 Å². The molecule has 0 unspecified atom stereocenters. The predicted octanol–water partition coefficient (Wildman–Crippen LogP) is 3.63. The fraction of sp³-hybridized carbons (Fsp3) is 0.647. The number of hydrogen-bond donors (Lipinski definition) is 1. The van der Waals surface area contributed by atoms with Gasteiger partial charge in [0.2, 0.25) is 0 Å². The van der Waals surface area contributed by atoms with E-state index in [0.29, 0.717) is 6.61 Å². The van der Waals surface area contributed by atoms with E-state index in [0.717, 1.165) is 32.0 Å². The van der Waals surface area contributed by atoms with Gasteiger partial charge in [-0.1, -0.05) is 20.8 Å². The van der Waals surface area contributed by atoms with Crippen molar-refractivity contribution in [1.82, 2.24) is 0 Å². The third-order valence-corrected chi connectivity index (χ3v) is 9.33. The van der Waals surface area contributed by atoms with Crippen molar-refractivity contribution in [1.29, 1.82) is 0 Å². The Morgan fingerprint density at radius 1 is 1.23 bits per heavy atom. The van der Waals surface area contributed by atoms with Crippen molar-refractivity contribution < 1.29 is 9.16 Å². The minimum atomic E-state index is -1.76. The zero-order valence-electron chi connectivity index (χ0n) is 14.6. The van der Waals surface area contributed by atoms with E-state index in [2.05, 4.69) is 50.9 Å². The van der Waals surface area contributed by atoms with E-state index in [1.165, 1.54) is 11.3 Å². The average Bonchev–Trinajstić information content (AvgIpc) is 2.45. The van der Waals surface area contributed by atoms with Crippen LogP contribution in [0.4, 0.5) is 11.4 Å². The van der Waals surface area contributed by atoms with E-state index in [-0.39, 0.29) is 5.04 Å². The lowest BCUT2D eigenvalue weighted by atomic mass is 10.1. The second kappa shape index (κ2) is 6.60. The molecule has 0 bridgehead atoms. The minimum absolute atomic E-state index is 0.215. The van der Waals surface area contributed by atoms with Gasteiger partial charge in [-0.25, -0.2) is 0 Å². The van der Waals surface area contributed by atoms with E-state index in [1.807, 2.05) is 6.07 Å². The molecule has 0 aromatic heterocycles. The Labute approximate surface area is 135 Å². The largest absolute Gasteiger partial charge is 0.412 e. The van der Waals surface area contributed by atoms with Crippen molar-refractivity contribution in [3.63, 3.8) is 0 Å². The number of ether oxygens (including phenoxy) is 1. The number of morpholine rings is 1. The number of anilines is 2. The Balaban J connectivity index is 2.17. The Bertz CT molecular complexity index is 506. The molecule has 4 nitrogen and oxygen atoms in total. The third kappa shape index (κ3) is 4.03. The van der Waals surface area contributed by atoms with Gasteiger partial charge in [0.1, 0.15) is 0 Å².